The summed E-state index contributed by atoms with van der Waals surface area (Å²) in [6.45, 7) is 0.926. The largest absolute Gasteiger partial charge is 0.311 e. The van der Waals surface area contributed by atoms with Crippen molar-refractivity contribution < 1.29 is 0 Å². The summed E-state index contributed by atoms with van der Waals surface area (Å²) >= 11 is 0. The van der Waals surface area contributed by atoms with E-state index in [2.05, 4.69) is 20.2 Å². The van der Waals surface area contributed by atoms with Crippen molar-refractivity contribution in [2.75, 3.05) is 27.7 Å². The molecule has 1 rings (SSSR count). The van der Waals surface area contributed by atoms with E-state index in [1.54, 1.807) is 18.6 Å². The second-order valence-corrected chi connectivity index (χ2v) is 3.23. The van der Waals surface area contributed by atoms with Crippen molar-refractivity contribution in [1.29, 1.82) is 0 Å². The molecule has 4 heteroatoms. The molecular weight excluding hydrogens is 164 g/mol. The van der Waals surface area contributed by atoms with Crippen LogP contribution in [-0.2, 0) is 0 Å². The molecule has 1 heterocycles. The summed E-state index contributed by atoms with van der Waals surface area (Å²) in [4.78, 5) is 10.4. The van der Waals surface area contributed by atoms with Gasteiger partial charge < -0.3 is 10.2 Å². The normalized spacial score (nSPS) is 13.2. The van der Waals surface area contributed by atoms with Gasteiger partial charge in [-0.1, -0.05) is 0 Å². The highest BCUT2D eigenvalue weighted by atomic mass is 15.1. The van der Waals surface area contributed by atoms with Crippen LogP contribution in [-0.4, -0.2) is 42.6 Å². The van der Waals surface area contributed by atoms with Crippen molar-refractivity contribution in [2.45, 2.75) is 6.04 Å². The Hall–Kier alpha value is -1.00. The first-order valence-corrected chi connectivity index (χ1v) is 4.32. The van der Waals surface area contributed by atoms with Gasteiger partial charge in [0.25, 0.3) is 0 Å². The van der Waals surface area contributed by atoms with E-state index in [4.69, 9.17) is 0 Å². The van der Waals surface area contributed by atoms with Crippen molar-refractivity contribution in [3.63, 3.8) is 0 Å². The lowest BCUT2D eigenvalue weighted by molar-refractivity contribution is 0.348. The number of nitrogens with zero attached hydrogens (tertiary/aromatic N) is 3. The fourth-order valence-corrected chi connectivity index (χ4v) is 1.19. The topological polar surface area (TPSA) is 41.0 Å². The molecule has 13 heavy (non-hydrogen) atoms. The molecule has 0 radical (unpaired) electrons. The van der Waals surface area contributed by atoms with Gasteiger partial charge in [0.15, 0.2) is 0 Å². The van der Waals surface area contributed by atoms with Gasteiger partial charge >= 0.3 is 0 Å². The van der Waals surface area contributed by atoms with Gasteiger partial charge in [-0.15, -0.1) is 0 Å². The third-order valence-corrected chi connectivity index (χ3v) is 1.84. The van der Waals surface area contributed by atoms with Gasteiger partial charge in [0.2, 0.25) is 0 Å². The Morgan fingerprint density at radius 3 is 2.69 bits per heavy atom. The summed E-state index contributed by atoms with van der Waals surface area (Å²) in [5.41, 5.74) is 0.985. The van der Waals surface area contributed by atoms with Crippen LogP contribution in [0.3, 0.4) is 0 Å². The van der Waals surface area contributed by atoms with Gasteiger partial charge in [-0.2, -0.15) is 0 Å². The second-order valence-electron chi connectivity index (χ2n) is 3.23. The van der Waals surface area contributed by atoms with Crippen molar-refractivity contribution in [3.8, 4) is 0 Å². The lowest BCUT2D eigenvalue weighted by Crippen LogP contribution is -2.29. The van der Waals surface area contributed by atoms with E-state index in [1.807, 2.05) is 21.1 Å². The molecule has 0 bridgehead atoms. The van der Waals surface area contributed by atoms with Crippen LogP contribution in [0.5, 0.6) is 0 Å². The zero-order valence-corrected chi connectivity index (χ0v) is 8.36. The molecule has 0 saturated carbocycles. The van der Waals surface area contributed by atoms with Crippen LogP contribution in [0, 0.1) is 0 Å². The molecule has 0 aliphatic rings. The van der Waals surface area contributed by atoms with E-state index < -0.39 is 0 Å². The highest BCUT2D eigenvalue weighted by Crippen LogP contribution is 2.07. The van der Waals surface area contributed by atoms with Crippen LogP contribution in [0.25, 0.3) is 0 Å². The van der Waals surface area contributed by atoms with Crippen LogP contribution in [0.4, 0.5) is 0 Å². The smallest absolute Gasteiger partial charge is 0.0769 e. The molecule has 1 atom stereocenters. The molecule has 0 spiro atoms. The minimum absolute atomic E-state index is 0.253. The average molecular weight is 180 g/mol. The maximum atomic E-state index is 4.25. The Balaban J connectivity index is 2.67. The van der Waals surface area contributed by atoms with Crippen LogP contribution in [0.2, 0.25) is 0 Å². The summed E-state index contributed by atoms with van der Waals surface area (Å²) in [6, 6.07) is 0.253. The molecule has 72 valence electrons. The van der Waals surface area contributed by atoms with Gasteiger partial charge in [0, 0.05) is 18.9 Å². The Morgan fingerprint density at radius 2 is 2.23 bits per heavy atom. The summed E-state index contributed by atoms with van der Waals surface area (Å²) in [5.74, 6) is 0. The summed E-state index contributed by atoms with van der Waals surface area (Å²) < 4.78 is 0. The molecule has 0 saturated heterocycles. The lowest BCUT2D eigenvalue weighted by atomic mass is 10.2. The molecule has 0 fully saturated rings. The third-order valence-electron chi connectivity index (χ3n) is 1.84. The molecule has 0 amide bonds. The van der Waals surface area contributed by atoms with Crippen LogP contribution < -0.4 is 5.32 Å². The average Bonchev–Trinajstić information content (AvgIpc) is 2.15. The Bertz CT molecular complexity index is 235. The van der Waals surface area contributed by atoms with Crippen LogP contribution >= 0.6 is 0 Å². The summed E-state index contributed by atoms with van der Waals surface area (Å²) in [7, 11) is 6.02. The minimum atomic E-state index is 0.253. The Morgan fingerprint density at radius 1 is 1.46 bits per heavy atom. The predicted octanol–water partition coefficient (Wildman–Crippen LogP) is 0.299. The fourth-order valence-electron chi connectivity index (χ4n) is 1.19. The maximum absolute atomic E-state index is 4.25. The molecule has 4 nitrogen and oxygen atoms in total. The number of nitrogens with one attached hydrogen (secondary N) is 1. The molecular formula is C9H16N4. The van der Waals surface area contributed by atoms with Gasteiger partial charge in [0.1, 0.15) is 0 Å². The quantitative estimate of drug-likeness (QED) is 0.723. The van der Waals surface area contributed by atoms with E-state index in [0.717, 1.165) is 12.2 Å². The molecule has 1 N–H and O–H groups in total. The minimum Gasteiger partial charge on any atom is -0.311 e. The van der Waals surface area contributed by atoms with E-state index in [1.165, 1.54) is 0 Å². The van der Waals surface area contributed by atoms with Gasteiger partial charge in [-0.25, -0.2) is 0 Å². The number of rotatable bonds is 4. The summed E-state index contributed by atoms with van der Waals surface area (Å²) in [6.07, 6.45) is 5.20. The lowest BCUT2D eigenvalue weighted by Gasteiger charge is -2.19. The summed E-state index contributed by atoms with van der Waals surface area (Å²) in [5, 5.41) is 3.21. The standard InChI is InChI=1S/C9H16N4/c1-10-9(7-13(2)3)8-6-11-4-5-12-8/h4-6,9-10H,7H2,1-3H3. The van der Waals surface area contributed by atoms with Crippen LogP contribution in [0.15, 0.2) is 18.6 Å². The van der Waals surface area contributed by atoms with E-state index in [9.17, 15) is 0 Å². The highest BCUT2D eigenvalue weighted by Gasteiger charge is 2.10. The van der Waals surface area contributed by atoms with E-state index in [-0.39, 0.29) is 6.04 Å². The van der Waals surface area contributed by atoms with Crippen molar-refractivity contribution in [3.05, 3.63) is 24.3 Å². The van der Waals surface area contributed by atoms with Crippen molar-refractivity contribution >= 4 is 0 Å². The van der Waals surface area contributed by atoms with Gasteiger partial charge in [-0.3, -0.25) is 9.97 Å². The first-order chi connectivity index (χ1) is 6.24. The monoisotopic (exact) mass is 180 g/mol. The molecule has 0 aromatic carbocycles. The zero-order valence-electron chi connectivity index (χ0n) is 8.36. The van der Waals surface area contributed by atoms with E-state index >= 15 is 0 Å². The molecule has 1 unspecified atom stereocenters. The first-order valence-electron chi connectivity index (χ1n) is 4.32. The molecule has 1 aromatic heterocycles. The van der Waals surface area contributed by atoms with Crippen molar-refractivity contribution in [1.82, 2.24) is 20.2 Å². The number of hydrogen-bond donors (Lipinski definition) is 1. The Kier molecular flexibility index (Phi) is 3.79. The Labute approximate surface area is 79.0 Å². The fraction of sp³-hybridized carbons (Fsp3) is 0.556. The zero-order chi connectivity index (χ0) is 9.68. The third kappa shape index (κ3) is 3.08. The van der Waals surface area contributed by atoms with Gasteiger partial charge in [0.05, 0.1) is 17.9 Å². The first kappa shape index (κ1) is 10.1. The van der Waals surface area contributed by atoms with Crippen LogP contribution in [0.1, 0.15) is 11.7 Å². The van der Waals surface area contributed by atoms with E-state index in [0.29, 0.717) is 0 Å². The number of hydrogen-bond acceptors (Lipinski definition) is 4. The number of aromatic nitrogens is 2. The highest BCUT2D eigenvalue weighted by molar-refractivity contribution is 5.02. The second kappa shape index (κ2) is 4.89. The molecule has 0 aliphatic carbocycles. The maximum Gasteiger partial charge on any atom is 0.0769 e. The number of likely N-dealkylation sites (N-methyl/N-ethyl adjacent to an activating group) is 2. The SMILES string of the molecule is CNC(CN(C)C)c1cnccn1. The van der Waals surface area contributed by atoms with Crippen molar-refractivity contribution in [2.24, 2.45) is 0 Å². The van der Waals surface area contributed by atoms with Gasteiger partial charge in [-0.05, 0) is 21.1 Å². The predicted molar refractivity (Wildman–Crippen MR) is 52.4 cm³/mol. The molecule has 1 aromatic rings. The molecule has 0 aliphatic heterocycles.